The van der Waals surface area contributed by atoms with Crippen molar-refractivity contribution in [2.24, 2.45) is 5.92 Å². The van der Waals surface area contributed by atoms with Gasteiger partial charge in [0.15, 0.2) is 0 Å². The van der Waals surface area contributed by atoms with Crippen LogP contribution in [0.25, 0.3) is 0 Å². The van der Waals surface area contributed by atoms with Crippen molar-refractivity contribution >= 4 is 0 Å². The van der Waals surface area contributed by atoms with Gasteiger partial charge in [-0.3, -0.25) is 9.80 Å². The third-order valence-electron chi connectivity index (χ3n) is 4.87. The number of benzene rings is 1. The summed E-state index contributed by atoms with van der Waals surface area (Å²) in [6.45, 7) is 14.3. The summed E-state index contributed by atoms with van der Waals surface area (Å²) < 4.78 is 5.79. The van der Waals surface area contributed by atoms with Crippen LogP contribution in [0.15, 0.2) is 36.9 Å². The molecule has 0 amide bonds. The van der Waals surface area contributed by atoms with Crippen LogP contribution in [0.2, 0.25) is 0 Å². The summed E-state index contributed by atoms with van der Waals surface area (Å²) in [5.41, 5.74) is 1.22. The summed E-state index contributed by atoms with van der Waals surface area (Å²) in [7, 11) is 0. The predicted molar refractivity (Wildman–Crippen MR) is 104 cm³/mol. The number of aliphatic hydroxyl groups excluding tert-OH is 1. The van der Waals surface area contributed by atoms with E-state index >= 15 is 0 Å². The number of ether oxygens (including phenoxy) is 1. The third kappa shape index (κ3) is 6.46. The maximum Gasteiger partial charge on any atom is 0.124 e. The van der Waals surface area contributed by atoms with E-state index in [1.807, 2.05) is 12.1 Å². The zero-order chi connectivity index (χ0) is 18.1. The molecule has 1 unspecified atom stereocenters. The predicted octanol–water partition coefficient (Wildman–Crippen LogP) is 3.17. The average Bonchev–Trinajstić information content (AvgIpc) is 2.60. The monoisotopic (exact) mass is 346 g/mol. The Labute approximate surface area is 153 Å². The van der Waals surface area contributed by atoms with Gasteiger partial charge >= 0.3 is 0 Å². The van der Waals surface area contributed by atoms with Gasteiger partial charge in [0.2, 0.25) is 0 Å². The second kappa shape index (κ2) is 10.6. The average molecular weight is 347 g/mol. The molecule has 1 fully saturated rings. The lowest BCUT2D eigenvalue weighted by Crippen LogP contribution is -2.53. The number of rotatable bonds is 10. The minimum atomic E-state index is 0.260. The van der Waals surface area contributed by atoms with Crippen molar-refractivity contribution in [1.29, 1.82) is 0 Å². The maximum atomic E-state index is 9.46. The number of aliphatic hydroxyl groups is 1. The van der Waals surface area contributed by atoms with Crippen LogP contribution >= 0.6 is 0 Å². The summed E-state index contributed by atoms with van der Waals surface area (Å²) in [5.74, 6) is 1.67. The number of piperazine rings is 1. The largest absolute Gasteiger partial charge is 0.489 e. The number of hydrogen-bond acceptors (Lipinski definition) is 4. The Hall–Kier alpha value is -1.36. The van der Waals surface area contributed by atoms with Gasteiger partial charge in [0.05, 0.1) is 0 Å². The zero-order valence-electron chi connectivity index (χ0n) is 15.9. The minimum absolute atomic E-state index is 0.260. The van der Waals surface area contributed by atoms with E-state index in [0.29, 0.717) is 12.6 Å². The molecule has 1 heterocycles. The first kappa shape index (κ1) is 20.0. The molecule has 1 saturated heterocycles. The van der Waals surface area contributed by atoms with Gasteiger partial charge in [-0.05, 0) is 31.4 Å². The van der Waals surface area contributed by atoms with E-state index in [4.69, 9.17) is 4.74 Å². The van der Waals surface area contributed by atoms with Gasteiger partial charge in [-0.15, -0.1) is 0 Å². The van der Waals surface area contributed by atoms with Crippen molar-refractivity contribution < 1.29 is 9.84 Å². The molecule has 1 N–H and O–H groups in total. The normalized spacial score (nSPS) is 19.3. The first-order valence-electron chi connectivity index (χ1n) is 9.53. The summed E-state index contributed by atoms with van der Waals surface area (Å²) >= 11 is 0. The Morgan fingerprint density at radius 3 is 2.84 bits per heavy atom. The molecule has 1 aromatic rings. The first-order chi connectivity index (χ1) is 12.1. The Bertz CT molecular complexity index is 518. The molecule has 0 saturated carbocycles. The summed E-state index contributed by atoms with van der Waals surface area (Å²) in [6.07, 6.45) is 3.85. The summed E-state index contributed by atoms with van der Waals surface area (Å²) in [5, 5.41) is 9.46. The van der Waals surface area contributed by atoms with E-state index < -0.39 is 0 Å². The molecular weight excluding hydrogens is 312 g/mol. The molecule has 140 valence electrons. The maximum absolute atomic E-state index is 9.46. The van der Waals surface area contributed by atoms with Crippen molar-refractivity contribution in [2.45, 2.75) is 39.3 Å². The number of nitrogens with zero attached hydrogens (tertiary/aromatic N) is 2. The van der Waals surface area contributed by atoms with Crippen molar-refractivity contribution in [2.75, 3.05) is 39.4 Å². The number of para-hydroxylation sites is 1. The van der Waals surface area contributed by atoms with E-state index in [-0.39, 0.29) is 6.61 Å². The lowest BCUT2D eigenvalue weighted by Gasteiger charge is -2.42. The highest BCUT2D eigenvalue weighted by atomic mass is 16.5. The Kier molecular flexibility index (Phi) is 8.45. The van der Waals surface area contributed by atoms with Crippen LogP contribution in [0.3, 0.4) is 0 Å². The molecule has 0 aromatic heterocycles. The van der Waals surface area contributed by atoms with E-state index in [0.717, 1.165) is 50.8 Å². The van der Waals surface area contributed by atoms with Crippen LogP contribution in [-0.4, -0.2) is 60.3 Å². The Morgan fingerprint density at radius 2 is 2.12 bits per heavy atom. The number of hydrogen-bond donors (Lipinski definition) is 1. The molecule has 4 heteroatoms. The SMILES string of the molecule is C=CCOc1ccccc1CN1CCN(CCC(C)C)C(CCO)C1. The quantitative estimate of drug-likeness (QED) is 0.660. The molecule has 1 aromatic carbocycles. The summed E-state index contributed by atoms with van der Waals surface area (Å²) in [6, 6.07) is 8.70. The van der Waals surface area contributed by atoms with Crippen molar-refractivity contribution in [3.8, 4) is 5.75 Å². The molecule has 0 aliphatic carbocycles. The van der Waals surface area contributed by atoms with Crippen LogP contribution in [-0.2, 0) is 6.54 Å². The lowest BCUT2D eigenvalue weighted by atomic mass is 10.0. The molecule has 1 atom stereocenters. The first-order valence-corrected chi connectivity index (χ1v) is 9.53. The lowest BCUT2D eigenvalue weighted by molar-refractivity contribution is 0.0520. The second-order valence-electron chi connectivity index (χ2n) is 7.33. The van der Waals surface area contributed by atoms with Crippen LogP contribution < -0.4 is 4.74 Å². The minimum Gasteiger partial charge on any atom is -0.489 e. The van der Waals surface area contributed by atoms with E-state index in [9.17, 15) is 5.11 Å². The van der Waals surface area contributed by atoms with Crippen LogP contribution in [0.1, 0.15) is 32.3 Å². The van der Waals surface area contributed by atoms with E-state index in [2.05, 4.69) is 42.4 Å². The van der Waals surface area contributed by atoms with Gasteiger partial charge in [-0.1, -0.05) is 44.7 Å². The topological polar surface area (TPSA) is 35.9 Å². The van der Waals surface area contributed by atoms with Crippen molar-refractivity contribution in [3.63, 3.8) is 0 Å². The highest BCUT2D eigenvalue weighted by molar-refractivity contribution is 5.33. The molecule has 0 bridgehead atoms. The highest BCUT2D eigenvalue weighted by Crippen LogP contribution is 2.22. The van der Waals surface area contributed by atoms with Gasteiger partial charge in [0, 0.05) is 44.4 Å². The molecule has 0 radical (unpaired) electrons. The van der Waals surface area contributed by atoms with Gasteiger partial charge < -0.3 is 9.84 Å². The molecule has 4 nitrogen and oxygen atoms in total. The third-order valence-corrected chi connectivity index (χ3v) is 4.87. The molecule has 25 heavy (non-hydrogen) atoms. The van der Waals surface area contributed by atoms with Crippen LogP contribution in [0.5, 0.6) is 5.75 Å². The van der Waals surface area contributed by atoms with Crippen molar-refractivity contribution in [3.05, 3.63) is 42.5 Å². The zero-order valence-corrected chi connectivity index (χ0v) is 15.9. The van der Waals surface area contributed by atoms with Gasteiger partial charge in [0.1, 0.15) is 12.4 Å². The smallest absolute Gasteiger partial charge is 0.124 e. The van der Waals surface area contributed by atoms with Crippen molar-refractivity contribution in [1.82, 2.24) is 9.80 Å². The van der Waals surface area contributed by atoms with E-state index in [1.54, 1.807) is 6.08 Å². The van der Waals surface area contributed by atoms with E-state index in [1.165, 1.54) is 12.0 Å². The fourth-order valence-electron chi connectivity index (χ4n) is 3.41. The van der Waals surface area contributed by atoms with Crippen LogP contribution in [0.4, 0.5) is 0 Å². The standard InChI is InChI=1S/C21H34N2O2/c1-4-15-25-21-8-6-5-7-19(21)16-22-12-13-23(11-9-18(2)3)20(17-22)10-14-24/h4-8,18,20,24H,1,9-17H2,2-3H3. The fourth-order valence-corrected chi connectivity index (χ4v) is 3.41. The molecule has 2 rings (SSSR count). The Morgan fingerprint density at radius 1 is 1.32 bits per heavy atom. The fraction of sp³-hybridized carbons (Fsp3) is 0.619. The van der Waals surface area contributed by atoms with Gasteiger partial charge in [0.25, 0.3) is 0 Å². The molecule has 0 spiro atoms. The Balaban J connectivity index is 1.96. The van der Waals surface area contributed by atoms with Gasteiger partial charge in [-0.2, -0.15) is 0 Å². The van der Waals surface area contributed by atoms with Gasteiger partial charge in [-0.25, -0.2) is 0 Å². The summed E-state index contributed by atoms with van der Waals surface area (Å²) in [4.78, 5) is 5.05. The molecular formula is C21H34N2O2. The van der Waals surface area contributed by atoms with Crippen LogP contribution in [0, 0.1) is 5.92 Å². The highest BCUT2D eigenvalue weighted by Gasteiger charge is 2.26. The molecule has 1 aliphatic rings. The second-order valence-corrected chi connectivity index (χ2v) is 7.33. The molecule has 1 aliphatic heterocycles.